The molecule has 0 heterocycles. The number of hydrogen-bond acceptors (Lipinski definition) is 5. The van der Waals surface area contributed by atoms with Gasteiger partial charge in [0.05, 0.1) is 10.5 Å². The number of rotatable bonds is 8. The van der Waals surface area contributed by atoms with Crippen LogP contribution in [0.25, 0.3) is 0 Å². The average molecular weight is 327 g/mol. The monoisotopic (exact) mass is 327 g/mol. The van der Waals surface area contributed by atoms with Crippen molar-refractivity contribution < 1.29 is 22.7 Å². The second-order valence-corrected chi connectivity index (χ2v) is 6.95. The minimum atomic E-state index is -3.30. The quantitative estimate of drug-likeness (QED) is 0.578. The zero-order valence-electron chi connectivity index (χ0n) is 12.8. The molecule has 0 bridgehead atoms. The van der Waals surface area contributed by atoms with Gasteiger partial charge in [-0.3, -0.25) is 4.79 Å². The molecule has 6 nitrogen and oxygen atoms in total. The Balaban J connectivity index is 2.44. The number of benzene rings is 1. The smallest absolute Gasteiger partial charge is 0.338 e. The van der Waals surface area contributed by atoms with Crippen LogP contribution in [0.4, 0.5) is 0 Å². The van der Waals surface area contributed by atoms with E-state index < -0.39 is 15.8 Å². The fourth-order valence-corrected chi connectivity index (χ4v) is 2.34. The molecule has 122 valence electrons. The standard InChI is InChI=1S/C15H21NO5S/c1-3-4-5-10-16-14(17)11-21-15(18)12-6-8-13(9-7-12)22(2,19)20/h6-9H,3-5,10-11H2,1-2H3,(H,16,17). The molecule has 1 N–H and O–H groups in total. The van der Waals surface area contributed by atoms with Crippen molar-refractivity contribution in [1.29, 1.82) is 0 Å². The Labute approximate surface area is 130 Å². The molecule has 0 unspecified atom stereocenters. The summed E-state index contributed by atoms with van der Waals surface area (Å²) in [4.78, 5) is 23.3. The molecule has 0 aromatic heterocycles. The molecule has 22 heavy (non-hydrogen) atoms. The summed E-state index contributed by atoms with van der Waals surface area (Å²) in [6.45, 7) is 2.28. The third kappa shape index (κ3) is 6.26. The van der Waals surface area contributed by atoms with E-state index in [1.54, 1.807) is 0 Å². The fourth-order valence-electron chi connectivity index (χ4n) is 1.71. The first kappa shape index (κ1) is 18.2. The van der Waals surface area contributed by atoms with Crippen LogP contribution in [0.5, 0.6) is 0 Å². The van der Waals surface area contributed by atoms with Crippen LogP contribution in [0.15, 0.2) is 29.2 Å². The molecule has 1 amide bonds. The third-order valence-corrected chi connectivity index (χ3v) is 4.08. The molecule has 0 spiro atoms. The molecule has 1 rings (SSSR count). The molecular weight excluding hydrogens is 306 g/mol. The highest BCUT2D eigenvalue weighted by Crippen LogP contribution is 2.11. The van der Waals surface area contributed by atoms with Gasteiger partial charge >= 0.3 is 5.97 Å². The van der Waals surface area contributed by atoms with Gasteiger partial charge in [0.25, 0.3) is 5.91 Å². The lowest BCUT2D eigenvalue weighted by Gasteiger charge is -2.06. The van der Waals surface area contributed by atoms with Gasteiger partial charge in [-0.25, -0.2) is 13.2 Å². The van der Waals surface area contributed by atoms with Crippen LogP contribution in [0.1, 0.15) is 36.5 Å². The summed E-state index contributed by atoms with van der Waals surface area (Å²) in [5, 5.41) is 2.66. The summed E-state index contributed by atoms with van der Waals surface area (Å²) >= 11 is 0. The first-order valence-corrected chi connectivity index (χ1v) is 8.97. The maximum absolute atomic E-state index is 11.7. The van der Waals surface area contributed by atoms with Crippen molar-refractivity contribution in [2.45, 2.75) is 31.1 Å². The van der Waals surface area contributed by atoms with Crippen LogP contribution >= 0.6 is 0 Å². The summed E-state index contributed by atoms with van der Waals surface area (Å²) < 4.78 is 27.5. The normalized spacial score (nSPS) is 11.0. The van der Waals surface area contributed by atoms with Gasteiger partial charge in [0.15, 0.2) is 16.4 Å². The Bertz CT molecular complexity index is 607. The van der Waals surface area contributed by atoms with E-state index in [2.05, 4.69) is 12.2 Å². The van der Waals surface area contributed by atoms with Crippen molar-refractivity contribution in [3.05, 3.63) is 29.8 Å². The summed E-state index contributed by atoms with van der Waals surface area (Å²) in [7, 11) is -3.30. The van der Waals surface area contributed by atoms with E-state index in [0.29, 0.717) is 6.54 Å². The van der Waals surface area contributed by atoms with Gasteiger partial charge in [0.2, 0.25) is 0 Å². The van der Waals surface area contributed by atoms with Crippen molar-refractivity contribution in [2.75, 3.05) is 19.4 Å². The lowest BCUT2D eigenvalue weighted by molar-refractivity contribution is -0.124. The number of unbranched alkanes of at least 4 members (excludes halogenated alkanes) is 2. The molecule has 0 saturated carbocycles. The Morgan fingerprint density at radius 2 is 1.77 bits per heavy atom. The molecule has 0 aliphatic carbocycles. The second-order valence-electron chi connectivity index (χ2n) is 4.93. The Hall–Kier alpha value is -1.89. The first-order chi connectivity index (χ1) is 10.3. The van der Waals surface area contributed by atoms with Crippen molar-refractivity contribution in [3.63, 3.8) is 0 Å². The molecule has 0 saturated heterocycles. The van der Waals surface area contributed by atoms with Gasteiger partial charge in [-0.1, -0.05) is 19.8 Å². The Morgan fingerprint density at radius 1 is 1.14 bits per heavy atom. The number of ether oxygens (including phenoxy) is 1. The summed E-state index contributed by atoms with van der Waals surface area (Å²) in [5.41, 5.74) is 0.200. The van der Waals surface area contributed by atoms with Crippen LogP contribution in [-0.2, 0) is 19.4 Å². The number of amides is 1. The molecule has 0 atom stereocenters. The molecule has 0 aliphatic heterocycles. The van der Waals surface area contributed by atoms with Crippen molar-refractivity contribution in [2.24, 2.45) is 0 Å². The molecule has 1 aromatic rings. The lowest BCUT2D eigenvalue weighted by Crippen LogP contribution is -2.29. The number of carbonyl (C=O) groups is 2. The molecular formula is C15H21NO5S. The van der Waals surface area contributed by atoms with Crippen molar-refractivity contribution in [3.8, 4) is 0 Å². The Morgan fingerprint density at radius 3 is 2.32 bits per heavy atom. The van der Waals surface area contributed by atoms with Crippen LogP contribution in [-0.4, -0.2) is 39.7 Å². The largest absolute Gasteiger partial charge is 0.452 e. The SMILES string of the molecule is CCCCCNC(=O)COC(=O)c1ccc(S(C)(=O)=O)cc1. The van der Waals surface area contributed by atoms with Gasteiger partial charge in [-0.2, -0.15) is 0 Å². The highest BCUT2D eigenvalue weighted by Gasteiger charge is 2.12. The van der Waals surface area contributed by atoms with E-state index in [1.807, 2.05) is 0 Å². The summed E-state index contributed by atoms with van der Waals surface area (Å²) in [6.07, 6.45) is 4.08. The van der Waals surface area contributed by atoms with E-state index >= 15 is 0 Å². The number of esters is 1. The minimum absolute atomic E-state index is 0.123. The van der Waals surface area contributed by atoms with E-state index in [9.17, 15) is 18.0 Å². The van der Waals surface area contributed by atoms with Crippen molar-refractivity contribution >= 4 is 21.7 Å². The maximum Gasteiger partial charge on any atom is 0.338 e. The van der Waals surface area contributed by atoms with Crippen LogP contribution < -0.4 is 5.32 Å². The maximum atomic E-state index is 11.7. The average Bonchev–Trinajstić information content (AvgIpc) is 2.48. The zero-order valence-corrected chi connectivity index (χ0v) is 13.6. The zero-order chi connectivity index (χ0) is 16.6. The summed E-state index contributed by atoms with van der Waals surface area (Å²) in [5.74, 6) is -1.01. The van der Waals surface area contributed by atoms with Gasteiger partial charge in [-0.05, 0) is 30.7 Å². The predicted octanol–water partition coefficient (Wildman–Crippen LogP) is 1.55. The van der Waals surface area contributed by atoms with E-state index in [-0.39, 0.29) is 23.0 Å². The number of nitrogens with one attached hydrogen (secondary N) is 1. The van der Waals surface area contributed by atoms with E-state index in [0.717, 1.165) is 25.5 Å². The highest BCUT2D eigenvalue weighted by molar-refractivity contribution is 7.90. The lowest BCUT2D eigenvalue weighted by atomic mass is 10.2. The highest BCUT2D eigenvalue weighted by atomic mass is 32.2. The van der Waals surface area contributed by atoms with Gasteiger partial charge in [0, 0.05) is 12.8 Å². The number of carbonyl (C=O) groups excluding carboxylic acids is 2. The van der Waals surface area contributed by atoms with Crippen LogP contribution in [0, 0.1) is 0 Å². The first-order valence-electron chi connectivity index (χ1n) is 7.08. The summed E-state index contributed by atoms with van der Waals surface area (Å²) in [6, 6.07) is 5.38. The van der Waals surface area contributed by atoms with Crippen LogP contribution in [0.2, 0.25) is 0 Å². The molecule has 0 fully saturated rings. The predicted molar refractivity (Wildman–Crippen MR) is 82.4 cm³/mol. The number of sulfone groups is 1. The molecule has 0 aliphatic rings. The topological polar surface area (TPSA) is 89.5 Å². The fraction of sp³-hybridized carbons (Fsp3) is 0.467. The van der Waals surface area contributed by atoms with Crippen LogP contribution in [0.3, 0.4) is 0 Å². The van der Waals surface area contributed by atoms with Gasteiger partial charge in [0.1, 0.15) is 0 Å². The van der Waals surface area contributed by atoms with Gasteiger partial charge < -0.3 is 10.1 Å². The molecule has 7 heteroatoms. The third-order valence-electron chi connectivity index (χ3n) is 2.96. The van der Waals surface area contributed by atoms with Crippen molar-refractivity contribution in [1.82, 2.24) is 5.32 Å². The minimum Gasteiger partial charge on any atom is -0.452 e. The van der Waals surface area contributed by atoms with E-state index in [4.69, 9.17) is 4.74 Å². The second kappa shape index (κ2) is 8.53. The van der Waals surface area contributed by atoms with Gasteiger partial charge in [-0.15, -0.1) is 0 Å². The molecule has 1 aromatic carbocycles. The Kier molecular flexibility index (Phi) is 7.04. The number of hydrogen-bond donors (Lipinski definition) is 1. The van der Waals surface area contributed by atoms with E-state index in [1.165, 1.54) is 24.3 Å². The molecule has 0 radical (unpaired) electrons.